The van der Waals surface area contributed by atoms with E-state index in [1.54, 1.807) is 23.3 Å². The Morgan fingerprint density at radius 1 is 1.33 bits per heavy atom. The van der Waals surface area contributed by atoms with Crippen LogP contribution >= 0.6 is 0 Å². The van der Waals surface area contributed by atoms with Crippen LogP contribution < -0.4 is 0 Å². The molecule has 0 aliphatic heterocycles. The van der Waals surface area contributed by atoms with Crippen molar-refractivity contribution in [3.05, 3.63) is 36.0 Å². The molecular formula is C10H12N4O. The lowest BCUT2D eigenvalue weighted by Gasteiger charge is -2.01. The highest BCUT2D eigenvalue weighted by molar-refractivity contribution is 5.26. The molecule has 15 heavy (non-hydrogen) atoms. The van der Waals surface area contributed by atoms with E-state index in [4.69, 9.17) is 5.11 Å². The number of aliphatic hydroxyl groups is 1. The third-order valence-electron chi connectivity index (χ3n) is 2.11. The van der Waals surface area contributed by atoms with Crippen LogP contribution in [0.2, 0.25) is 0 Å². The second-order valence-electron chi connectivity index (χ2n) is 3.23. The smallest absolute Gasteiger partial charge is 0.174 e. The minimum atomic E-state index is 0.130. The third-order valence-corrected chi connectivity index (χ3v) is 2.11. The van der Waals surface area contributed by atoms with Crippen molar-refractivity contribution >= 4 is 0 Å². The molecule has 78 valence electrons. The monoisotopic (exact) mass is 204 g/mol. The van der Waals surface area contributed by atoms with Crippen molar-refractivity contribution in [1.29, 1.82) is 0 Å². The summed E-state index contributed by atoms with van der Waals surface area (Å²) in [5.41, 5.74) is 1.82. The summed E-state index contributed by atoms with van der Waals surface area (Å²) in [6, 6.07) is 0. The summed E-state index contributed by atoms with van der Waals surface area (Å²) in [5, 5.41) is 13.0. The van der Waals surface area contributed by atoms with Gasteiger partial charge in [-0.1, -0.05) is 0 Å². The van der Waals surface area contributed by atoms with Crippen molar-refractivity contribution < 1.29 is 5.11 Å². The maximum atomic E-state index is 8.79. The molecule has 0 amide bonds. The van der Waals surface area contributed by atoms with Gasteiger partial charge in [0.2, 0.25) is 0 Å². The molecule has 0 fully saturated rings. The van der Waals surface area contributed by atoms with Crippen LogP contribution in [0, 0.1) is 6.92 Å². The number of nitrogens with zero attached hydrogens (tertiary/aromatic N) is 4. The Balaban J connectivity index is 2.33. The Bertz CT molecular complexity index is 452. The second-order valence-corrected chi connectivity index (χ2v) is 3.23. The number of aryl methyl sites for hydroxylation is 1. The van der Waals surface area contributed by atoms with E-state index in [1.165, 1.54) is 0 Å². The molecule has 0 bridgehead atoms. The van der Waals surface area contributed by atoms with Gasteiger partial charge >= 0.3 is 0 Å². The minimum absolute atomic E-state index is 0.130. The Labute approximate surface area is 87.4 Å². The molecule has 0 aromatic carbocycles. The van der Waals surface area contributed by atoms with Crippen molar-refractivity contribution in [2.75, 3.05) is 6.61 Å². The average molecular weight is 204 g/mol. The Morgan fingerprint density at radius 2 is 2.13 bits per heavy atom. The summed E-state index contributed by atoms with van der Waals surface area (Å²) < 4.78 is 1.67. The highest BCUT2D eigenvalue weighted by Crippen LogP contribution is 2.08. The topological polar surface area (TPSA) is 63.8 Å². The second kappa shape index (κ2) is 4.18. The van der Waals surface area contributed by atoms with E-state index in [9.17, 15) is 0 Å². The van der Waals surface area contributed by atoms with Gasteiger partial charge in [-0.15, -0.1) is 0 Å². The van der Waals surface area contributed by atoms with Crippen molar-refractivity contribution in [3.63, 3.8) is 0 Å². The first-order valence-electron chi connectivity index (χ1n) is 4.73. The summed E-state index contributed by atoms with van der Waals surface area (Å²) in [6.45, 7) is 2.01. The lowest BCUT2D eigenvalue weighted by molar-refractivity contribution is 0.299. The molecule has 0 radical (unpaired) electrons. The average Bonchev–Trinajstić information content (AvgIpc) is 2.68. The van der Waals surface area contributed by atoms with Crippen LogP contribution in [0.3, 0.4) is 0 Å². The van der Waals surface area contributed by atoms with Crippen LogP contribution in [0.1, 0.15) is 11.3 Å². The Hall–Kier alpha value is -1.75. The number of hydrogen-bond donors (Lipinski definition) is 1. The standard InChI is InChI=1S/C10H12N4O/c1-8-10(12-4-3-11-8)14-7-9(2-5-15)6-13-14/h3-4,6-7,15H,2,5H2,1H3. The zero-order valence-electron chi connectivity index (χ0n) is 8.46. The van der Waals surface area contributed by atoms with Crippen molar-refractivity contribution in [2.45, 2.75) is 13.3 Å². The van der Waals surface area contributed by atoms with Gasteiger partial charge in [0.25, 0.3) is 0 Å². The van der Waals surface area contributed by atoms with Crippen LogP contribution in [0.25, 0.3) is 5.82 Å². The minimum Gasteiger partial charge on any atom is -0.396 e. The number of hydrogen-bond acceptors (Lipinski definition) is 4. The first-order valence-corrected chi connectivity index (χ1v) is 4.73. The van der Waals surface area contributed by atoms with E-state index < -0.39 is 0 Å². The van der Waals surface area contributed by atoms with Crippen LogP contribution in [-0.2, 0) is 6.42 Å². The molecule has 0 spiro atoms. The van der Waals surface area contributed by atoms with Gasteiger partial charge in [0.15, 0.2) is 5.82 Å². The van der Waals surface area contributed by atoms with Crippen LogP contribution in [0.15, 0.2) is 24.8 Å². The van der Waals surface area contributed by atoms with Crippen LogP contribution in [0.4, 0.5) is 0 Å². The summed E-state index contributed by atoms with van der Waals surface area (Å²) in [7, 11) is 0. The van der Waals surface area contributed by atoms with Gasteiger partial charge in [0.05, 0.1) is 11.9 Å². The van der Waals surface area contributed by atoms with E-state index in [1.807, 2.05) is 13.1 Å². The Morgan fingerprint density at radius 3 is 2.87 bits per heavy atom. The maximum Gasteiger partial charge on any atom is 0.174 e. The van der Waals surface area contributed by atoms with Gasteiger partial charge in [-0.2, -0.15) is 5.10 Å². The van der Waals surface area contributed by atoms with E-state index in [2.05, 4.69) is 15.1 Å². The molecule has 2 rings (SSSR count). The predicted octanol–water partition coefficient (Wildman–Crippen LogP) is 0.506. The largest absolute Gasteiger partial charge is 0.396 e. The summed E-state index contributed by atoms with van der Waals surface area (Å²) in [6.07, 6.45) is 7.48. The highest BCUT2D eigenvalue weighted by atomic mass is 16.2. The normalized spacial score (nSPS) is 10.5. The van der Waals surface area contributed by atoms with Crippen molar-refractivity contribution in [1.82, 2.24) is 19.7 Å². The van der Waals surface area contributed by atoms with E-state index >= 15 is 0 Å². The quantitative estimate of drug-likeness (QED) is 0.791. The van der Waals surface area contributed by atoms with Gasteiger partial charge in [0, 0.05) is 25.2 Å². The van der Waals surface area contributed by atoms with Crippen LogP contribution in [-0.4, -0.2) is 31.5 Å². The first kappa shape index (κ1) is 9.79. The molecule has 2 aromatic heterocycles. The fourth-order valence-electron chi connectivity index (χ4n) is 1.36. The number of rotatable bonds is 3. The fraction of sp³-hybridized carbons (Fsp3) is 0.300. The molecule has 0 aliphatic rings. The molecular weight excluding hydrogens is 192 g/mol. The van der Waals surface area contributed by atoms with E-state index in [-0.39, 0.29) is 6.61 Å². The van der Waals surface area contributed by atoms with Crippen molar-refractivity contribution in [3.8, 4) is 5.82 Å². The molecule has 0 saturated carbocycles. The number of aromatic nitrogens is 4. The van der Waals surface area contributed by atoms with E-state index in [0.29, 0.717) is 6.42 Å². The summed E-state index contributed by atoms with van der Waals surface area (Å²) in [5.74, 6) is 0.724. The summed E-state index contributed by atoms with van der Waals surface area (Å²) >= 11 is 0. The molecule has 0 unspecified atom stereocenters. The molecule has 5 nitrogen and oxygen atoms in total. The first-order chi connectivity index (χ1) is 7.31. The summed E-state index contributed by atoms with van der Waals surface area (Å²) in [4.78, 5) is 8.34. The molecule has 5 heteroatoms. The molecule has 0 aliphatic carbocycles. The van der Waals surface area contributed by atoms with E-state index in [0.717, 1.165) is 17.1 Å². The molecule has 1 N–H and O–H groups in total. The van der Waals surface area contributed by atoms with Gasteiger partial charge in [-0.05, 0) is 18.9 Å². The SMILES string of the molecule is Cc1nccnc1-n1cc(CCO)cn1. The van der Waals surface area contributed by atoms with Crippen molar-refractivity contribution in [2.24, 2.45) is 0 Å². The molecule has 0 saturated heterocycles. The van der Waals surface area contributed by atoms with Crippen LogP contribution in [0.5, 0.6) is 0 Å². The number of aliphatic hydroxyl groups excluding tert-OH is 1. The van der Waals surface area contributed by atoms with Gasteiger partial charge < -0.3 is 5.11 Å². The van der Waals surface area contributed by atoms with Gasteiger partial charge in [0.1, 0.15) is 0 Å². The third kappa shape index (κ3) is 2.02. The molecule has 0 atom stereocenters. The zero-order chi connectivity index (χ0) is 10.7. The predicted molar refractivity (Wildman–Crippen MR) is 54.7 cm³/mol. The molecule has 2 heterocycles. The van der Waals surface area contributed by atoms with Gasteiger partial charge in [-0.25, -0.2) is 9.67 Å². The maximum absolute atomic E-state index is 8.79. The van der Waals surface area contributed by atoms with Gasteiger partial charge in [-0.3, -0.25) is 4.98 Å². The lowest BCUT2D eigenvalue weighted by atomic mass is 10.3. The Kier molecular flexibility index (Phi) is 2.73. The zero-order valence-corrected chi connectivity index (χ0v) is 8.46. The highest BCUT2D eigenvalue weighted by Gasteiger charge is 2.04. The lowest BCUT2D eigenvalue weighted by Crippen LogP contribution is -2.01. The molecule has 2 aromatic rings. The fourth-order valence-corrected chi connectivity index (χ4v) is 1.36.